The fourth-order valence-corrected chi connectivity index (χ4v) is 2.41. The average Bonchev–Trinajstić information content (AvgIpc) is 2.73. The van der Waals surface area contributed by atoms with Gasteiger partial charge in [-0.2, -0.15) is 0 Å². The standard InChI is InChI=1S/C12H15NO2S/c1-2-11-13-12-9(15-8-4-7-14)5-3-6-10(12)16-11/h3,5-6,14H,2,4,7-8H2,1H3. The summed E-state index contributed by atoms with van der Waals surface area (Å²) >= 11 is 1.71. The summed E-state index contributed by atoms with van der Waals surface area (Å²) in [5.74, 6) is 0.821. The van der Waals surface area contributed by atoms with Gasteiger partial charge in [0.2, 0.25) is 0 Å². The molecule has 1 aromatic carbocycles. The molecule has 0 aliphatic carbocycles. The van der Waals surface area contributed by atoms with E-state index in [1.807, 2.05) is 12.1 Å². The zero-order valence-electron chi connectivity index (χ0n) is 9.27. The molecule has 0 fully saturated rings. The first-order valence-electron chi connectivity index (χ1n) is 5.47. The Morgan fingerprint density at radius 1 is 1.44 bits per heavy atom. The first-order chi connectivity index (χ1) is 7.85. The lowest BCUT2D eigenvalue weighted by Crippen LogP contribution is -1.99. The van der Waals surface area contributed by atoms with Gasteiger partial charge in [0.15, 0.2) is 0 Å². The monoisotopic (exact) mass is 237 g/mol. The molecular weight excluding hydrogens is 222 g/mol. The zero-order chi connectivity index (χ0) is 11.4. The minimum absolute atomic E-state index is 0.160. The van der Waals surface area contributed by atoms with Crippen LogP contribution >= 0.6 is 11.3 Å². The Balaban J connectivity index is 2.26. The van der Waals surface area contributed by atoms with Crippen molar-refractivity contribution in [1.29, 1.82) is 0 Å². The van der Waals surface area contributed by atoms with E-state index in [0.29, 0.717) is 13.0 Å². The number of hydrogen-bond acceptors (Lipinski definition) is 4. The maximum absolute atomic E-state index is 8.71. The van der Waals surface area contributed by atoms with E-state index in [-0.39, 0.29) is 6.61 Å². The summed E-state index contributed by atoms with van der Waals surface area (Å²) in [7, 11) is 0. The second kappa shape index (κ2) is 5.27. The number of nitrogens with zero attached hydrogens (tertiary/aromatic N) is 1. The van der Waals surface area contributed by atoms with Crippen LogP contribution in [0.2, 0.25) is 0 Å². The molecular formula is C12H15NO2S. The lowest BCUT2D eigenvalue weighted by atomic mass is 10.3. The summed E-state index contributed by atoms with van der Waals surface area (Å²) in [6.45, 7) is 2.80. The molecule has 0 spiro atoms. The van der Waals surface area contributed by atoms with Gasteiger partial charge in [-0.15, -0.1) is 11.3 Å². The van der Waals surface area contributed by atoms with Gasteiger partial charge in [-0.3, -0.25) is 0 Å². The predicted molar refractivity (Wildman–Crippen MR) is 66.2 cm³/mol. The van der Waals surface area contributed by atoms with Gasteiger partial charge < -0.3 is 9.84 Å². The number of aliphatic hydroxyl groups excluding tert-OH is 1. The van der Waals surface area contributed by atoms with Gasteiger partial charge in [-0.25, -0.2) is 4.98 Å². The summed E-state index contributed by atoms with van der Waals surface area (Å²) < 4.78 is 6.77. The van der Waals surface area contributed by atoms with Crippen molar-refractivity contribution in [2.24, 2.45) is 0 Å². The van der Waals surface area contributed by atoms with Gasteiger partial charge in [0.1, 0.15) is 11.3 Å². The quantitative estimate of drug-likeness (QED) is 0.813. The van der Waals surface area contributed by atoms with Crippen molar-refractivity contribution >= 4 is 21.6 Å². The third-order valence-corrected chi connectivity index (χ3v) is 3.45. The SMILES string of the molecule is CCc1nc2c(OCCCO)cccc2s1. The molecule has 0 aliphatic rings. The minimum atomic E-state index is 0.160. The number of rotatable bonds is 5. The normalized spacial score (nSPS) is 10.9. The van der Waals surface area contributed by atoms with Crippen LogP contribution in [0.25, 0.3) is 10.2 Å². The predicted octanol–water partition coefficient (Wildman–Crippen LogP) is 2.62. The number of hydrogen-bond donors (Lipinski definition) is 1. The molecule has 0 saturated heterocycles. The summed E-state index contributed by atoms with van der Waals surface area (Å²) in [5, 5.41) is 9.84. The van der Waals surface area contributed by atoms with Gasteiger partial charge in [0.05, 0.1) is 16.3 Å². The molecule has 0 bridgehead atoms. The van der Waals surface area contributed by atoms with Crippen LogP contribution in [0.4, 0.5) is 0 Å². The molecule has 86 valence electrons. The van der Waals surface area contributed by atoms with E-state index in [1.165, 1.54) is 4.70 Å². The van der Waals surface area contributed by atoms with E-state index >= 15 is 0 Å². The number of aryl methyl sites for hydroxylation is 1. The van der Waals surface area contributed by atoms with E-state index < -0.39 is 0 Å². The van der Waals surface area contributed by atoms with Crippen molar-refractivity contribution in [1.82, 2.24) is 4.98 Å². The van der Waals surface area contributed by atoms with Crippen molar-refractivity contribution in [3.63, 3.8) is 0 Å². The molecule has 1 N–H and O–H groups in total. The van der Waals surface area contributed by atoms with Crippen molar-refractivity contribution in [2.75, 3.05) is 13.2 Å². The Hall–Kier alpha value is -1.13. The highest BCUT2D eigenvalue weighted by Crippen LogP contribution is 2.29. The Morgan fingerprint density at radius 3 is 3.06 bits per heavy atom. The highest BCUT2D eigenvalue weighted by atomic mass is 32.1. The topological polar surface area (TPSA) is 42.4 Å². The Kier molecular flexibility index (Phi) is 3.74. The molecule has 3 nitrogen and oxygen atoms in total. The second-order valence-corrected chi connectivity index (χ2v) is 4.60. The summed E-state index contributed by atoms with van der Waals surface area (Å²) in [4.78, 5) is 4.54. The Bertz CT molecular complexity index is 467. The number of aliphatic hydroxyl groups is 1. The highest BCUT2D eigenvalue weighted by molar-refractivity contribution is 7.18. The van der Waals surface area contributed by atoms with E-state index in [4.69, 9.17) is 9.84 Å². The molecule has 1 aromatic heterocycles. The zero-order valence-corrected chi connectivity index (χ0v) is 10.1. The fourth-order valence-electron chi connectivity index (χ4n) is 1.48. The molecule has 1 heterocycles. The van der Waals surface area contributed by atoms with E-state index in [2.05, 4.69) is 18.0 Å². The smallest absolute Gasteiger partial charge is 0.146 e. The van der Waals surface area contributed by atoms with E-state index in [1.54, 1.807) is 11.3 Å². The third kappa shape index (κ3) is 2.33. The molecule has 0 aliphatic heterocycles. The lowest BCUT2D eigenvalue weighted by molar-refractivity contribution is 0.234. The van der Waals surface area contributed by atoms with Crippen molar-refractivity contribution < 1.29 is 9.84 Å². The van der Waals surface area contributed by atoms with Crippen molar-refractivity contribution in [3.05, 3.63) is 23.2 Å². The van der Waals surface area contributed by atoms with Gasteiger partial charge in [-0.1, -0.05) is 13.0 Å². The number of ether oxygens (including phenoxy) is 1. The maximum atomic E-state index is 8.71. The van der Waals surface area contributed by atoms with Crippen LogP contribution in [0.3, 0.4) is 0 Å². The van der Waals surface area contributed by atoms with Gasteiger partial charge in [0.25, 0.3) is 0 Å². The van der Waals surface area contributed by atoms with E-state index in [9.17, 15) is 0 Å². The first kappa shape index (κ1) is 11.4. The molecule has 16 heavy (non-hydrogen) atoms. The van der Waals surface area contributed by atoms with Crippen LogP contribution in [-0.4, -0.2) is 23.3 Å². The van der Waals surface area contributed by atoms with Crippen LogP contribution in [0, 0.1) is 0 Å². The Morgan fingerprint density at radius 2 is 2.31 bits per heavy atom. The van der Waals surface area contributed by atoms with Crippen LogP contribution < -0.4 is 4.74 Å². The number of aromatic nitrogens is 1. The lowest BCUT2D eigenvalue weighted by Gasteiger charge is -2.04. The summed E-state index contributed by atoms with van der Waals surface area (Å²) in [6.07, 6.45) is 1.61. The summed E-state index contributed by atoms with van der Waals surface area (Å²) in [5.41, 5.74) is 0.947. The largest absolute Gasteiger partial charge is 0.491 e. The van der Waals surface area contributed by atoms with Crippen LogP contribution in [0.15, 0.2) is 18.2 Å². The minimum Gasteiger partial charge on any atom is -0.491 e. The second-order valence-electron chi connectivity index (χ2n) is 3.49. The van der Waals surface area contributed by atoms with E-state index in [0.717, 1.165) is 22.7 Å². The van der Waals surface area contributed by atoms with Crippen LogP contribution in [0.1, 0.15) is 18.4 Å². The van der Waals surface area contributed by atoms with Crippen LogP contribution in [0.5, 0.6) is 5.75 Å². The van der Waals surface area contributed by atoms with Gasteiger partial charge in [0, 0.05) is 13.0 Å². The van der Waals surface area contributed by atoms with Gasteiger partial charge in [-0.05, 0) is 18.6 Å². The molecule has 0 saturated carbocycles. The van der Waals surface area contributed by atoms with Crippen LogP contribution in [-0.2, 0) is 6.42 Å². The Labute approximate surface area is 98.7 Å². The fraction of sp³-hybridized carbons (Fsp3) is 0.417. The molecule has 0 radical (unpaired) electrons. The molecule has 0 atom stereocenters. The number of fused-ring (bicyclic) bond motifs is 1. The van der Waals surface area contributed by atoms with Crippen molar-refractivity contribution in [2.45, 2.75) is 19.8 Å². The number of thiazole rings is 1. The first-order valence-corrected chi connectivity index (χ1v) is 6.29. The number of benzene rings is 1. The maximum Gasteiger partial charge on any atom is 0.146 e. The molecule has 2 rings (SSSR count). The third-order valence-electron chi connectivity index (χ3n) is 2.29. The molecule has 0 amide bonds. The average molecular weight is 237 g/mol. The van der Waals surface area contributed by atoms with Crippen molar-refractivity contribution in [3.8, 4) is 5.75 Å². The highest BCUT2D eigenvalue weighted by Gasteiger charge is 2.07. The summed E-state index contributed by atoms with van der Waals surface area (Å²) in [6, 6.07) is 5.97. The van der Waals surface area contributed by atoms with Gasteiger partial charge >= 0.3 is 0 Å². The molecule has 4 heteroatoms. The molecule has 2 aromatic rings. The molecule has 0 unspecified atom stereocenters. The number of para-hydroxylation sites is 1.